The molecule has 0 amide bonds. The minimum absolute atomic E-state index is 0.152. The molecule has 0 saturated heterocycles. The van der Waals surface area contributed by atoms with E-state index in [9.17, 15) is 0 Å². The van der Waals surface area contributed by atoms with Crippen LogP contribution in [0.2, 0.25) is 10.3 Å². The fourth-order valence-corrected chi connectivity index (χ4v) is 3.02. The van der Waals surface area contributed by atoms with Crippen molar-refractivity contribution in [3.05, 3.63) is 64.5 Å². The van der Waals surface area contributed by atoms with Gasteiger partial charge in [0.05, 0.1) is 25.4 Å². The Labute approximate surface area is 159 Å². The number of rotatable bonds is 4. The highest BCUT2D eigenvalue weighted by Gasteiger charge is 2.13. The van der Waals surface area contributed by atoms with E-state index in [2.05, 4.69) is 20.3 Å². The zero-order valence-corrected chi connectivity index (χ0v) is 15.2. The van der Waals surface area contributed by atoms with Crippen molar-refractivity contribution < 1.29 is 4.74 Å². The van der Waals surface area contributed by atoms with Gasteiger partial charge in [-0.2, -0.15) is 0 Å². The van der Waals surface area contributed by atoms with E-state index in [4.69, 9.17) is 27.9 Å². The molecule has 130 valence electrons. The molecule has 4 aromatic rings. The largest absolute Gasteiger partial charge is 0.497 e. The van der Waals surface area contributed by atoms with Crippen molar-refractivity contribution in [3.63, 3.8) is 0 Å². The van der Waals surface area contributed by atoms with E-state index in [1.54, 1.807) is 30.0 Å². The Hall–Kier alpha value is -2.70. The van der Waals surface area contributed by atoms with Crippen molar-refractivity contribution in [2.24, 2.45) is 0 Å². The predicted molar refractivity (Wildman–Crippen MR) is 101 cm³/mol. The van der Waals surface area contributed by atoms with E-state index < -0.39 is 0 Å². The summed E-state index contributed by atoms with van der Waals surface area (Å²) in [5, 5.41) is 9.94. The van der Waals surface area contributed by atoms with Gasteiger partial charge < -0.3 is 4.74 Å². The average molecular weight is 386 g/mol. The summed E-state index contributed by atoms with van der Waals surface area (Å²) in [5.41, 5.74) is 2.99. The fourth-order valence-electron chi connectivity index (χ4n) is 2.67. The second-order valence-corrected chi connectivity index (χ2v) is 6.43. The highest BCUT2D eigenvalue weighted by atomic mass is 35.5. The summed E-state index contributed by atoms with van der Waals surface area (Å²) in [6, 6.07) is 13.1. The molecule has 0 atom stereocenters. The molecule has 0 aliphatic carbocycles. The number of benzene rings is 2. The highest BCUT2D eigenvalue weighted by molar-refractivity contribution is 6.31. The molecule has 26 heavy (non-hydrogen) atoms. The molecule has 6 nitrogen and oxygen atoms in total. The van der Waals surface area contributed by atoms with Crippen molar-refractivity contribution in [1.29, 1.82) is 0 Å². The molecule has 0 fully saturated rings. The molecule has 2 aromatic carbocycles. The van der Waals surface area contributed by atoms with Crippen LogP contribution in [0, 0.1) is 0 Å². The molecule has 0 spiro atoms. The number of methoxy groups -OCH3 is 1. The SMILES string of the molecule is COc1ccc(Cn2cc(-c3nc(Cl)nc4ccc(Cl)cc34)nn2)cc1. The van der Waals surface area contributed by atoms with Crippen LogP contribution in [0.4, 0.5) is 0 Å². The molecule has 0 radical (unpaired) electrons. The number of hydrogen-bond donors (Lipinski definition) is 0. The zero-order valence-electron chi connectivity index (χ0n) is 13.7. The van der Waals surface area contributed by atoms with Crippen molar-refractivity contribution in [2.45, 2.75) is 6.54 Å². The minimum Gasteiger partial charge on any atom is -0.497 e. The van der Waals surface area contributed by atoms with E-state index >= 15 is 0 Å². The van der Waals surface area contributed by atoms with Gasteiger partial charge in [0, 0.05) is 10.4 Å². The molecule has 0 bridgehead atoms. The molecular formula is C18H13Cl2N5O. The lowest BCUT2D eigenvalue weighted by Crippen LogP contribution is -2.00. The lowest BCUT2D eigenvalue weighted by atomic mass is 10.1. The predicted octanol–water partition coefficient (Wildman–Crippen LogP) is 4.25. The van der Waals surface area contributed by atoms with Crippen LogP contribution < -0.4 is 4.74 Å². The van der Waals surface area contributed by atoms with Gasteiger partial charge in [0.25, 0.3) is 0 Å². The monoisotopic (exact) mass is 385 g/mol. The molecule has 8 heteroatoms. The Morgan fingerprint density at radius 2 is 1.85 bits per heavy atom. The second kappa shape index (κ2) is 6.90. The molecule has 0 aliphatic rings. The Bertz CT molecular complexity index is 1080. The van der Waals surface area contributed by atoms with Crippen LogP contribution in [-0.4, -0.2) is 32.1 Å². The molecule has 0 aliphatic heterocycles. The summed E-state index contributed by atoms with van der Waals surface area (Å²) < 4.78 is 6.91. The maximum Gasteiger partial charge on any atom is 0.223 e. The van der Waals surface area contributed by atoms with Crippen molar-refractivity contribution >= 4 is 34.1 Å². The summed E-state index contributed by atoms with van der Waals surface area (Å²) in [5.74, 6) is 0.812. The van der Waals surface area contributed by atoms with Crippen LogP contribution >= 0.6 is 23.2 Å². The van der Waals surface area contributed by atoms with Gasteiger partial charge >= 0.3 is 0 Å². The number of nitrogens with zero attached hydrogens (tertiary/aromatic N) is 5. The van der Waals surface area contributed by atoms with Crippen LogP contribution in [0.5, 0.6) is 5.75 Å². The first-order valence-electron chi connectivity index (χ1n) is 7.78. The molecule has 2 aromatic heterocycles. The maximum absolute atomic E-state index is 6.12. The van der Waals surface area contributed by atoms with E-state index in [-0.39, 0.29) is 5.28 Å². The van der Waals surface area contributed by atoms with Gasteiger partial charge in [0.2, 0.25) is 5.28 Å². The lowest BCUT2D eigenvalue weighted by Gasteiger charge is -2.04. The van der Waals surface area contributed by atoms with Crippen molar-refractivity contribution in [1.82, 2.24) is 25.0 Å². The number of hydrogen-bond acceptors (Lipinski definition) is 5. The summed E-state index contributed by atoms with van der Waals surface area (Å²) in [6.45, 7) is 0.578. The average Bonchev–Trinajstić information content (AvgIpc) is 3.10. The van der Waals surface area contributed by atoms with Gasteiger partial charge in [-0.05, 0) is 47.5 Å². The Balaban J connectivity index is 1.69. The molecule has 2 heterocycles. The van der Waals surface area contributed by atoms with E-state index in [1.807, 2.05) is 30.5 Å². The summed E-state index contributed by atoms with van der Waals surface area (Å²) in [6.07, 6.45) is 1.82. The smallest absolute Gasteiger partial charge is 0.223 e. The highest BCUT2D eigenvalue weighted by Crippen LogP contribution is 2.28. The van der Waals surface area contributed by atoms with Crippen molar-refractivity contribution in [2.75, 3.05) is 7.11 Å². The first-order valence-corrected chi connectivity index (χ1v) is 8.54. The first kappa shape index (κ1) is 16.8. The second-order valence-electron chi connectivity index (χ2n) is 5.65. The Morgan fingerprint density at radius 3 is 2.62 bits per heavy atom. The molecular weight excluding hydrogens is 373 g/mol. The quantitative estimate of drug-likeness (QED) is 0.491. The van der Waals surface area contributed by atoms with Gasteiger partial charge in [-0.1, -0.05) is 28.9 Å². The minimum atomic E-state index is 0.152. The molecule has 0 unspecified atom stereocenters. The lowest BCUT2D eigenvalue weighted by molar-refractivity contribution is 0.414. The van der Waals surface area contributed by atoms with Crippen LogP contribution in [0.25, 0.3) is 22.3 Å². The first-order chi connectivity index (χ1) is 12.6. The van der Waals surface area contributed by atoms with E-state index in [0.29, 0.717) is 28.5 Å². The number of aromatic nitrogens is 5. The van der Waals surface area contributed by atoms with Crippen LogP contribution in [0.1, 0.15) is 5.56 Å². The third-order valence-electron chi connectivity index (χ3n) is 3.92. The molecule has 0 N–H and O–H groups in total. The van der Waals surface area contributed by atoms with Crippen LogP contribution in [0.3, 0.4) is 0 Å². The number of ether oxygens (including phenoxy) is 1. The van der Waals surface area contributed by atoms with E-state index in [1.165, 1.54) is 0 Å². The van der Waals surface area contributed by atoms with Gasteiger partial charge in [-0.25, -0.2) is 14.6 Å². The van der Waals surface area contributed by atoms with Crippen molar-refractivity contribution in [3.8, 4) is 17.1 Å². The summed E-state index contributed by atoms with van der Waals surface area (Å²) >= 11 is 12.2. The van der Waals surface area contributed by atoms with Gasteiger partial charge in [-0.3, -0.25) is 0 Å². The molecule has 0 saturated carbocycles. The normalized spacial score (nSPS) is 11.0. The van der Waals surface area contributed by atoms with Crippen LogP contribution in [0.15, 0.2) is 48.7 Å². The Morgan fingerprint density at radius 1 is 1.04 bits per heavy atom. The zero-order chi connectivity index (χ0) is 18.1. The third kappa shape index (κ3) is 3.34. The number of fused-ring (bicyclic) bond motifs is 1. The van der Waals surface area contributed by atoms with Crippen LogP contribution in [-0.2, 0) is 6.54 Å². The summed E-state index contributed by atoms with van der Waals surface area (Å²) in [7, 11) is 1.64. The number of halogens is 2. The fraction of sp³-hybridized carbons (Fsp3) is 0.111. The molecule has 4 rings (SSSR count). The van der Waals surface area contributed by atoms with E-state index in [0.717, 1.165) is 16.7 Å². The van der Waals surface area contributed by atoms with Gasteiger partial charge in [-0.15, -0.1) is 5.10 Å². The third-order valence-corrected chi connectivity index (χ3v) is 4.32. The maximum atomic E-state index is 6.12. The standard InChI is InChI=1S/C18H13Cl2N5O/c1-26-13-5-2-11(3-6-13)9-25-10-16(23-24-25)17-14-8-12(19)4-7-15(14)21-18(20)22-17/h2-8,10H,9H2,1H3. The Kier molecular flexibility index (Phi) is 4.44. The summed E-state index contributed by atoms with van der Waals surface area (Å²) in [4.78, 5) is 8.54. The van der Waals surface area contributed by atoms with Gasteiger partial charge in [0.15, 0.2) is 0 Å². The topological polar surface area (TPSA) is 65.7 Å². The van der Waals surface area contributed by atoms with Gasteiger partial charge in [0.1, 0.15) is 17.1 Å².